The van der Waals surface area contributed by atoms with Crippen molar-refractivity contribution in [3.8, 4) is 0 Å². The lowest BCUT2D eigenvalue weighted by Crippen LogP contribution is -2.22. The first-order chi connectivity index (χ1) is 8.03. The average molecular weight is 255 g/mol. The van der Waals surface area contributed by atoms with E-state index in [4.69, 9.17) is 0 Å². The van der Waals surface area contributed by atoms with Gasteiger partial charge in [0.05, 0.1) is 11.9 Å². The maximum atomic E-state index is 11.1. The van der Waals surface area contributed by atoms with Gasteiger partial charge in [-0.15, -0.1) is 0 Å². The Morgan fingerprint density at radius 3 is 2.76 bits per heavy atom. The highest BCUT2D eigenvalue weighted by Crippen LogP contribution is 2.18. The van der Waals surface area contributed by atoms with Crippen LogP contribution in [0.25, 0.3) is 0 Å². The molecule has 1 atom stereocenters. The molecular weight excluding hydrogens is 238 g/mol. The van der Waals surface area contributed by atoms with Crippen molar-refractivity contribution in [3.05, 3.63) is 24.3 Å². The predicted octanol–water partition coefficient (Wildman–Crippen LogP) is 0.832. The fourth-order valence-electron chi connectivity index (χ4n) is 1.90. The van der Waals surface area contributed by atoms with Crippen LogP contribution < -0.4 is 15.4 Å². The Kier molecular flexibility index (Phi) is 3.54. The van der Waals surface area contributed by atoms with Crippen LogP contribution in [-0.4, -0.2) is 33.8 Å². The summed E-state index contributed by atoms with van der Waals surface area (Å²) in [4.78, 5) is 0. The minimum Gasteiger partial charge on any atom is -0.381 e. The molecule has 1 aromatic rings. The third kappa shape index (κ3) is 3.90. The Bertz CT molecular complexity index is 481. The molecule has 1 aromatic carbocycles. The molecule has 3 N–H and O–H groups in total. The minimum absolute atomic E-state index is 0.420. The maximum absolute atomic E-state index is 11.1. The molecule has 0 bridgehead atoms. The number of hydrogen-bond acceptors (Lipinski definition) is 4. The van der Waals surface area contributed by atoms with Crippen molar-refractivity contribution in [2.45, 2.75) is 12.5 Å². The molecule has 5 nitrogen and oxygen atoms in total. The van der Waals surface area contributed by atoms with E-state index in [1.807, 2.05) is 12.1 Å². The molecular formula is C11H17N3O2S. The van der Waals surface area contributed by atoms with E-state index in [2.05, 4.69) is 15.4 Å². The molecule has 1 unspecified atom stereocenters. The van der Waals surface area contributed by atoms with Crippen LogP contribution in [0.3, 0.4) is 0 Å². The molecule has 1 aliphatic heterocycles. The monoisotopic (exact) mass is 255 g/mol. The van der Waals surface area contributed by atoms with Gasteiger partial charge in [-0.25, -0.2) is 8.42 Å². The summed E-state index contributed by atoms with van der Waals surface area (Å²) in [6.45, 7) is 1.97. The second-order valence-corrected chi connectivity index (χ2v) is 6.04. The zero-order chi connectivity index (χ0) is 12.3. The first kappa shape index (κ1) is 12.2. The van der Waals surface area contributed by atoms with Crippen LogP contribution >= 0.6 is 0 Å². The largest absolute Gasteiger partial charge is 0.381 e. The third-order valence-electron chi connectivity index (χ3n) is 2.60. The molecule has 1 saturated heterocycles. The van der Waals surface area contributed by atoms with Gasteiger partial charge in [0, 0.05) is 18.3 Å². The van der Waals surface area contributed by atoms with E-state index in [0.29, 0.717) is 11.7 Å². The molecule has 0 saturated carbocycles. The molecule has 0 radical (unpaired) electrons. The van der Waals surface area contributed by atoms with E-state index in [0.717, 1.165) is 31.5 Å². The Hall–Kier alpha value is -1.27. The summed E-state index contributed by atoms with van der Waals surface area (Å²) in [5.41, 5.74) is 1.52. The van der Waals surface area contributed by atoms with Crippen molar-refractivity contribution in [1.29, 1.82) is 0 Å². The molecule has 0 amide bonds. The quantitative estimate of drug-likeness (QED) is 0.745. The average Bonchev–Trinajstić information content (AvgIpc) is 2.68. The number of hydrogen-bond donors (Lipinski definition) is 3. The van der Waals surface area contributed by atoms with Gasteiger partial charge in [0.2, 0.25) is 10.0 Å². The van der Waals surface area contributed by atoms with Crippen molar-refractivity contribution in [1.82, 2.24) is 5.32 Å². The van der Waals surface area contributed by atoms with Crippen LogP contribution in [0.2, 0.25) is 0 Å². The van der Waals surface area contributed by atoms with Crippen LogP contribution in [0.5, 0.6) is 0 Å². The Morgan fingerprint density at radius 2 is 2.12 bits per heavy atom. The molecule has 6 heteroatoms. The lowest BCUT2D eigenvalue weighted by atomic mass is 10.2. The Labute approximate surface area is 102 Å². The van der Waals surface area contributed by atoms with Crippen molar-refractivity contribution in [2.75, 3.05) is 29.4 Å². The summed E-state index contributed by atoms with van der Waals surface area (Å²) >= 11 is 0. The number of rotatable bonds is 4. The highest BCUT2D eigenvalue weighted by Gasteiger charge is 2.13. The maximum Gasteiger partial charge on any atom is 0.229 e. The van der Waals surface area contributed by atoms with E-state index < -0.39 is 10.0 Å². The summed E-state index contributed by atoms with van der Waals surface area (Å²) in [6, 6.07) is 7.73. The van der Waals surface area contributed by atoms with Crippen LogP contribution in [0.15, 0.2) is 24.3 Å². The molecule has 17 heavy (non-hydrogen) atoms. The third-order valence-corrected chi connectivity index (χ3v) is 3.20. The topological polar surface area (TPSA) is 70.2 Å². The SMILES string of the molecule is CS(=O)(=O)Nc1cccc(NC2CCNC2)c1. The molecule has 1 aliphatic rings. The van der Waals surface area contributed by atoms with Gasteiger partial charge in [-0.2, -0.15) is 0 Å². The van der Waals surface area contributed by atoms with Crippen LogP contribution in [0.4, 0.5) is 11.4 Å². The normalized spacial score (nSPS) is 20.2. The minimum atomic E-state index is -3.21. The Morgan fingerprint density at radius 1 is 1.35 bits per heavy atom. The Balaban J connectivity index is 2.05. The van der Waals surface area contributed by atoms with Crippen molar-refractivity contribution in [2.24, 2.45) is 0 Å². The smallest absolute Gasteiger partial charge is 0.229 e. The predicted molar refractivity (Wildman–Crippen MR) is 69.8 cm³/mol. The van der Waals surface area contributed by atoms with Crippen molar-refractivity contribution in [3.63, 3.8) is 0 Å². The molecule has 94 valence electrons. The van der Waals surface area contributed by atoms with Gasteiger partial charge >= 0.3 is 0 Å². The number of anilines is 2. The number of benzene rings is 1. The van der Waals surface area contributed by atoms with Gasteiger partial charge in [0.15, 0.2) is 0 Å². The first-order valence-corrected chi connectivity index (χ1v) is 7.47. The zero-order valence-electron chi connectivity index (χ0n) is 9.73. The van der Waals surface area contributed by atoms with Crippen molar-refractivity contribution < 1.29 is 8.42 Å². The van der Waals surface area contributed by atoms with Crippen LogP contribution in [0, 0.1) is 0 Å². The van der Waals surface area contributed by atoms with Gasteiger partial charge in [0.25, 0.3) is 0 Å². The van der Waals surface area contributed by atoms with E-state index in [1.165, 1.54) is 0 Å². The molecule has 0 aliphatic carbocycles. The summed E-state index contributed by atoms with van der Waals surface area (Å²) in [7, 11) is -3.21. The lowest BCUT2D eigenvalue weighted by Gasteiger charge is -2.14. The van der Waals surface area contributed by atoms with E-state index in [9.17, 15) is 8.42 Å². The highest BCUT2D eigenvalue weighted by molar-refractivity contribution is 7.92. The second kappa shape index (κ2) is 4.93. The van der Waals surface area contributed by atoms with E-state index >= 15 is 0 Å². The second-order valence-electron chi connectivity index (χ2n) is 4.29. The zero-order valence-corrected chi connectivity index (χ0v) is 10.5. The van der Waals surface area contributed by atoms with Gasteiger partial charge in [-0.1, -0.05) is 6.07 Å². The molecule has 1 fully saturated rings. The summed E-state index contributed by atoms with van der Waals surface area (Å²) in [5.74, 6) is 0. The van der Waals surface area contributed by atoms with E-state index in [-0.39, 0.29) is 0 Å². The standard InChI is InChI=1S/C11H17N3O2S/c1-17(15,16)14-10-4-2-3-9(7-10)13-11-5-6-12-8-11/h2-4,7,11-14H,5-6,8H2,1H3. The molecule has 1 heterocycles. The van der Waals surface area contributed by atoms with Gasteiger partial charge in [-0.05, 0) is 31.2 Å². The van der Waals surface area contributed by atoms with Crippen LogP contribution in [0.1, 0.15) is 6.42 Å². The molecule has 0 aromatic heterocycles. The molecule has 0 spiro atoms. The lowest BCUT2D eigenvalue weighted by molar-refractivity contribution is 0.607. The summed E-state index contributed by atoms with van der Waals surface area (Å²) in [6.07, 6.45) is 2.23. The van der Waals surface area contributed by atoms with Gasteiger partial charge < -0.3 is 10.6 Å². The van der Waals surface area contributed by atoms with Gasteiger partial charge in [0.1, 0.15) is 0 Å². The molecule has 2 rings (SSSR count). The highest BCUT2D eigenvalue weighted by atomic mass is 32.2. The van der Waals surface area contributed by atoms with Crippen LogP contribution in [-0.2, 0) is 10.0 Å². The van der Waals surface area contributed by atoms with Gasteiger partial charge in [-0.3, -0.25) is 4.72 Å². The number of nitrogens with one attached hydrogen (secondary N) is 3. The van der Waals surface area contributed by atoms with Crippen molar-refractivity contribution >= 4 is 21.4 Å². The fourth-order valence-corrected chi connectivity index (χ4v) is 2.46. The summed E-state index contributed by atoms with van der Waals surface area (Å²) in [5, 5.41) is 6.64. The summed E-state index contributed by atoms with van der Waals surface area (Å²) < 4.78 is 24.7. The number of sulfonamides is 1. The fraction of sp³-hybridized carbons (Fsp3) is 0.455. The van der Waals surface area contributed by atoms with E-state index in [1.54, 1.807) is 12.1 Å². The first-order valence-electron chi connectivity index (χ1n) is 5.58.